The predicted octanol–water partition coefficient (Wildman–Crippen LogP) is 3.66. The van der Waals surface area contributed by atoms with Gasteiger partial charge in [-0.3, -0.25) is 4.79 Å². The van der Waals surface area contributed by atoms with E-state index < -0.39 is 15.4 Å². The minimum atomic E-state index is -3.53. The maximum absolute atomic E-state index is 13.1. The van der Waals surface area contributed by atoms with Crippen molar-refractivity contribution in [3.8, 4) is 0 Å². The van der Waals surface area contributed by atoms with E-state index in [1.165, 1.54) is 15.6 Å². The summed E-state index contributed by atoms with van der Waals surface area (Å²) in [6, 6.07) is 1.75. The van der Waals surface area contributed by atoms with Gasteiger partial charge in [0.1, 0.15) is 0 Å². The number of nitrogens with zero attached hydrogens (tertiary/aromatic N) is 1. The Morgan fingerprint density at radius 3 is 2.57 bits per heavy atom. The van der Waals surface area contributed by atoms with Crippen LogP contribution in [0.25, 0.3) is 0 Å². The highest BCUT2D eigenvalue weighted by atomic mass is 32.2. The Morgan fingerprint density at radius 1 is 1.32 bits per heavy atom. The van der Waals surface area contributed by atoms with Crippen molar-refractivity contribution in [3.63, 3.8) is 0 Å². The number of carbonyl (C=O) groups excluding carboxylic acids is 1. The molecule has 0 spiro atoms. The predicted molar refractivity (Wildman–Crippen MR) is 109 cm³/mol. The lowest BCUT2D eigenvalue weighted by Crippen LogP contribution is -2.48. The van der Waals surface area contributed by atoms with Crippen LogP contribution in [0, 0.1) is 19.3 Å². The Labute approximate surface area is 172 Å². The summed E-state index contributed by atoms with van der Waals surface area (Å²) in [5.41, 5.74) is -0.649. The molecule has 1 aromatic heterocycles. The van der Waals surface area contributed by atoms with Gasteiger partial charge in [-0.15, -0.1) is 11.3 Å². The summed E-state index contributed by atoms with van der Waals surface area (Å²) in [7, 11) is -3.53. The summed E-state index contributed by atoms with van der Waals surface area (Å²) in [5, 5.41) is 0. The highest BCUT2D eigenvalue weighted by molar-refractivity contribution is 7.89. The third kappa shape index (κ3) is 4.45. The molecule has 28 heavy (non-hydrogen) atoms. The summed E-state index contributed by atoms with van der Waals surface area (Å²) in [5.74, 6) is -0.205. The molecular formula is C20H31NO5S2. The van der Waals surface area contributed by atoms with Gasteiger partial charge in [0, 0.05) is 29.5 Å². The topological polar surface area (TPSA) is 72.9 Å². The number of thiophene rings is 1. The molecule has 0 amide bonds. The van der Waals surface area contributed by atoms with Crippen LogP contribution >= 0.6 is 11.3 Å². The van der Waals surface area contributed by atoms with E-state index in [-0.39, 0.29) is 12.1 Å². The first-order chi connectivity index (χ1) is 13.3. The highest BCUT2D eigenvalue weighted by Crippen LogP contribution is 2.41. The van der Waals surface area contributed by atoms with E-state index in [0.29, 0.717) is 43.9 Å². The first kappa shape index (κ1) is 21.7. The number of piperidine rings is 1. The smallest absolute Gasteiger partial charge is 0.312 e. The van der Waals surface area contributed by atoms with Gasteiger partial charge in [0.05, 0.1) is 23.0 Å². The zero-order valence-corrected chi connectivity index (χ0v) is 18.7. The van der Waals surface area contributed by atoms with Gasteiger partial charge in [0.15, 0.2) is 0 Å². The van der Waals surface area contributed by atoms with Crippen LogP contribution in [0.5, 0.6) is 0 Å². The number of rotatable bonds is 6. The van der Waals surface area contributed by atoms with E-state index in [4.69, 9.17) is 9.47 Å². The molecule has 2 aliphatic rings. The molecule has 0 bridgehead atoms. The van der Waals surface area contributed by atoms with Crippen molar-refractivity contribution in [2.24, 2.45) is 5.41 Å². The molecule has 2 fully saturated rings. The minimum absolute atomic E-state index is 0.0584. The normalized spacial score (nSPS) is 23.5. The number of aryl methyl sites for hydroxylation is 2. The standard InChI is InChI=1S/C20H31NO5S2/c1-4-25-19(22)20(14-17-7-5-6-12-26-17)8-10-21(11-9-20)28(23,24)18-13-15(2)27-16(18)3/h13,17H,4-12,14H2,1-3H3/t17-/m0/s1. The lowest BCUT2D eigenvalue weighted by atomic mass is 9.73. The number of esters is 1. The van der Waals surface area contributed by atoms with Crippen molar-refractivity contribution in [2.45, 2.75) is 70.3 Å². The summed E-state index contributed by atoms with van der Waals surface area (Å²) in [6.07, 6.45) is 4.77. The number of hydrogen-bond acceptors (Lipinski definition) is 6. The Bertz CT molecular complexity index is 788. The van der Waals surface area contributed by atoms with Crippen molar-refractivity contribution < 1.29 is 22.7 Å². The second kappa shape index (κ2) is 8.81. The van der Waals surface area contributed by atoms with Crippen molar-refractivity contribution in [3.05, 3.63) is 15.8 Å². The Morgan fingerprint density at radius 2 is 2.04 bits per heavy atom. The van der Waals surface area contributed by atoms with Crippen LogP contribution < -0.4 is 0 Å². The van der Waals surface area contributed by atoms with E-state index in [1.54, 1.807) is 6.07 Å². The van der Waals surface area contributed by atoms with Gasteiger partial charge in [-0.25, -0.2) is 8.42 Å². The van der Waals surface area contributed by atoms with Crippen LogP contribution in [0.3, 0.4) is 0 Å². The van der Waals surface area contributed by atoms with Gasteiger partial charge in [-0.05, 0) is 65.4 Å². The van der Waals surface area contributed by atoms with Crippen LogP contribution in [-0.4, -0.2) is 51.1 Å². The molecule has 6 nitrogen and oxygen atoms in total. The van der Waals surface area contributed by atoms with Gasteiger partial charge in [0.25, 0.3) is 0 Å². The number of hydrogen-bond donors (Lipinski definition) is 0. The number of carbonyl (C=O) groups is 1. The first-order valence-electron chi connectivity index (χ1n) is 10.1. The van der Waals surface area contributed by atoms with Crippen LogP contribution in [-0.2, 0) is 24.3 Å². The van der Waals surface area contributed by atoms with Gasteiger partial charge in [0.2, 0.25) is 10.0 Å². The van der Waals surface area contributed by atoms with Crippen LogP contribution in [0.1, 0.15) is 55.2 Å². The van der Waals surface area contributed by atoms with Crippen LogP contribution in [0.2, 0.25) is 0 Å². The second-order valence-corrected chi connectivity index (χ2v) is 11.2. The molecule has 1 atom stereocenters. The monoisotopic (exact) mass is 429 g/mol. The second-order valence-electron chi connectivity index (χ2n) is 7.88. The minimum Gasteiger partial charge on any atom is -0.466 e. The van der Waals surface area contributed by atoms with Crippen LogP contribution in [0.4, 0.5) is 0 Å². The van der Waals surface area contributed by atoms with E-state index >= 15 is 0 Å². The fourth-order valence-corrected chi connectivity index (χ4v) is 7.30. The molecule has 0 saturated carbocycles. The quantitative estimate of drug-likeness (QED) is 0.645. The highest BCUT2D eigenvalue weighted by Gasteiger charge is 2.46. The average molecular weight is 430 g/mol. The van der Waals surface area contributed by atoms with E-state index in [2.05, 4.69) is 0 Å². The maximum atomic E-state index is 13.1. The molecule has 2 saturated heterocycles. The summed E-state index contributed by atoms with van der Waals surface area (Å²) < 4.78 is 39.0. The Balaban J connectivity index is 1.76. The number of sulfonamides is 1. The molecule has 158 valence electrons. The van der Waals surface area contributed by atoms with Gasteiger partial charge < -0.3 is 9.47 Å². The molecule has 3 heterocycles. The summed E-state index contributed by atoms with van der Waals surface area (Å²) in [6.45, 7) is 7.32. The molecular weight excluding hydrogens is 398 g/mol. The molecule has 0 unspecified atom stereocenters. The lowest BCUT2D eigenvalue weighted by Gasteiger charge is -2.41. The molecule has 8 heteroatoms. The third-order valence-electron chi connectivity index (χ3n) is 5.89. The fraction of sp³-hybridized carbons (Fsp3) is 0.750. The largest absolute Gasteiger partial charge is 0.466 e. The van der Waals surface area contributed by atoms with E-state index in [0.717, 1.165) is 35.6 Å². The Kier molecular flexibility index (Phi) is 6.84. The third-order valence-corrected chi connectivity index (χ3v) is 9.01. The van der Waals surface area contributed by atoms with E-state index in [1.807, 2.05) is 20.8 Å². The summed E-state index contributed by atoms with van der Waals surface area (Å²) >= 11 is 1.50. The van der Waals surface area contributed by atoms with Gasteiger partial charge in [-0.1, -0.05) is 0 Å². The fourth-order valence-electron chi connectivity index (χ4n) is 4.34. The molecule has 3 rings (SSSR count). The molecule has 1 aromatic rings. The van der Waals surface area contributed by atoms with Gasteiger partial charge in [-0.2, -0.15) is 4.31 Å². The lowest BCUT2D eigenvalue weighted by molar-refractivity contribution is -0.162. The molecule has 0 aliphatic carbocycles. The molecule has 0 N–H and O–H groups in total. The average Bonchev–Trinajstić information content (AvgIpc) is 3.02. The summed E-state index contributed by atoms with van der Waals surface area (Å²) in [4.78, 5) is 15.0. The zero-order valence-electron chi connectivity index (χ0n) is 17.0. The maximum Gasteiger partial charge on any atom is 0.312 e. The molecule has 0 radical (unpaired) electrons. The first-order valence-corrected chi connectivity index (χ1v) is 12.4. The Hall–Kier alpha value is -0.960. The molecule has 2 aliphatic heterocycles. The van der Waals surface area contributed by atoms with Crippen molar-refractivity contribution >= 4 is 27.3 Å². The molecule has 0 aromatic carbocycles. The SMILES string of the molecule is CCOC(=O)C1(C[C@@H]2CCCCO2)CCN(S(=O)(=O)c2cc(C)sc2C)CC1. The van der Waals surface area contributed by atoms with Crippen molar-refractivity contribution in [2.75, 3.05) is 26.3 Å². The van der Waals surface area contributed by atoms with Gasteiger partial charge >= 0.3 is 5.97 Å². The van der Waals surface area contributed by atoms with Crippen LogP contribution in [0.15, 0.2) is 11.0 Å². The van der Waals surface area contributed by atoms with E-state index in [9.17, 15) is 13.2 Å². The zero-order chi connectivity index (χ0) is 20.4. The van der Waals surface area contributed by atoms with Crippen molar-refractivity contribution in [1.29, 1.82) is 0 Å². The van der Waals surface area contributed by atoms with Crippen molar-refractivity contribution in [1.82, 2.24) is 4.31 Å². The number of ether oxygens (including phenoxy) is 2.